The monoisotopic (exact) mass is 483 g/mol. The molecule has 9 nitrogen and oxygen atoms in total. The highest BCUT2D eigenvalue weighted by molar-refractivity contribution is 7.17. The summed E-state index contributed by atoms with van der Waals surface area (Å²) in [6.07, 6.45) is 3.55. The standard InChI is InChI=1S/C24H25N3O6S/c1-14-7-9-15(10-8-14)20(29)19-16-5-3-4-6-17(16)34-21(19)25-18(28)13-27-23(31)22(30)26(24(27)32)11-12-33-2/h7-10H,3-6,11-13H2,1-2H3,(H,25,28). The van der Waals surface area contributed by atoms with Gasteiger partial charge in [-0.1, -0.05) is 29.8 Å². The molecule has 0 saturated carbocycles. The summed E-state index contributed by atoms with van der Waals surface area (Å²) in [5, 5.41) is 3.14. The van der Waals surface area contributed by atoms with Crippen molar-refractivity contribution in [3.63, 3.8) is 0 Å². The van der Waals surface area contributed by atoms with E-state index in [0.29, 0.717) is 21.0 Å². The summed E-state index contributed by atoms with van der Waals surface area (Å²) in [5.41, 5.74) is 2.98. The average Bonchev–Trinajstić information content (AvgIpc) is 3.28. The average molecular weight is 484 g/mol. The topological polar surface area (TPSA) is 113 Å². The van der Waals surface area contributed by atoms with E-state index in [1.165, 1.54) is 18.4 Å². The smallest absolute Gasteiger partial charge is 0.334 e. The summed E-state index contributed by atoms with van der Waals surface area (Å²) < 4.78 is 4.86. The first-order valence-corrected chi connectivity index (χ1v) is 11.9. The van der Waals surface area contributed by atoms with Crippen molar-refractivity contribution in [3.8, 4) is 0 Å². The number of carbonyl (C=O) groups excluding carboxylic acids is 5. The number of hydrogen-bond donors (Lipinski definition) is 1. The van der Waals surface area contributed by atoms with E-state index in [2.05, 4.69) is 5.32 Å². The number of imide groups is 2. The van der Waals surface area contributed by atoms with E-state index in [1.807, 2.05) is 19.1 Å². The van der Waals surface area contributed by atoms with Crippen molar-refractivity contribution in [1.82, 2.24) is 9.80 Å². The maximum Gasteiger partial charge on any atom is 0.334 e. The van der Waals surface area contributed by atoms with Crippen LogP contribution in [0.3, 0.4) is 0 Å². The maximum absolute atomic E-state index is 13.4. The number of anilines is 1. The molecule has 2 heterocycles. The van der Waals surface area contributed by atoms with Gasteiger partial charge in [-0.3, -0.25) is 24.1 Å². The Balaban J connectivity index is 1.56. The third-order valence-electron chi connectivity index (χ3n) is 5.92. The van der Waals surface area contributed by atoms with Crippen LogP contribution in [-0.4, -0.2) is 66.1 Å². The summed E-state index contributed by atoms with van der Waals surface area (Å²) in [6, 6.07) is 6.39. The van der Waals surface area contributed by atoms with Gasteiger partial charge in [-0.25, -0.2) is 9.69 Å². The molecule has 0 radical (unpaired) electrons. The van der Waals surface area contributed by atoms with Gasteiger partial charge in [-0.2, -0.15) is 0 Å². The molecule has 34 heavy (non-hydrogen) atoms. The third-order valence-corrected chi connectivity index (χ3v) is 7.13. The molecule has 4 rings (SSSR count). The molecule has 0 bridgehead atoms. The number of methoxy groups -OCH3 is 1. The number of nitrogens with one attached hydrogen (secondary N) is 1. The lowest BCUT2D eigenvalue weighted by molar-refractivity contribution is -0.143. The van der Waals surface area contributed by atoms with Crippen LogP contribution in [0.4, 0.5) is 9.80 Å². The Morgan fingerprint density at radius 2 is 1.71 bits per heavy atom. The summed E-state index contributed by atoms with van der Waals surface area (Å²) >= 11 is 1.35. The number of aryl methyl sites for hydroxylation is 2. The van der Waals surface area contributed by atoms with E-state index in [4.69, 9.17) is 4.74 Å². The first-order chi connectivity index (χ1) is 16.3. The van der Waals surface area contributed by atoms with Crippen molar-refractivity contribution in [3.05, 3.63) is 51.4 Å². The second-order valence-corrected chi connectivity index (χ2v) is 9.39. The lowest BCUT2D eigenvalue weighted by atomic mass is 9.91. The second-order valence-electron chi connectivity index (χ2n) is 8.28. The van der Waals surface area contributed by atoms with Crippen molar-refractivity contribution in [1.29, 1.82) is 0 Å². The number of fused-ring (bicyclic) bond motifs is 1. The number of ketones is 1. The van der Waals surface area contributed by atoms with Gasteiger partial charge < -0.3 is 10.1 Å². The second kappa shape index (κ2) is 9.86. The zero-order valence-corrected chi connectivity index (χ0v) is 19.8. The normalized spacial score (nSPS) is 15.6. The van der Waals surface area contributed by atoms with Gasteiger partial charge in [0.25, 0.3) is 0 Å². The molecular weight excluding hydrogens is 458 g/mol. The number of nitrogens with zero attached hydrogens (tertiary/aromatic N) is 2. The minimum Gasteiger partial charge on any atom is -0.383 e. The van der Waals surface area contributed by atoms with Gasteiger partial charge in [-0.15, -0.1) is 11.3 Å². The predicted molar refractivity (Wildman–Crippen MR) is 125 cm³/mol. The maximum atomic E-state index is 13.4. The third kappa shape index (κ3) is 4.51. The Hall–Kier alpha value is -3.37. The van der Waals surface area contributed by atoms with Crippen LogP contribution in [0.1, 0.15) is 44.8 Å². The van der Waals surface area contributed by atoms with Gasteiger partial charge in [-0.05, 0) is 38.2 Å². The lowest BCUT2D eigenvalue weighted by Gasteiger charge is -2.15. The molecule has 1 saturated heterocycles. The molecule has 0 spiro atoms. The molecule has 0 atom stereocenters. The van der Waals surface area contributed by atoms with Crippen molar-refractivity contribution in [2.45, 2.75) is 32.6 Å². The minimum atomic E-state index is -1.06. The van der Waals surface area contributed by atoms with E-state index in [0.717, 1.165) is 46.6 Å². The van der Waals surface area contributed by atoms with Gasteiger partial charge in [0.2, 0.25) is 5.91 Å². The SMILES string of the molecule is COCCN1C(=O)C(=O)N(CC(=O)Nc2sc3c(c2C(=O)c2ccc(C)cc2)CCCC3)C1=O. The number of thiophene rings is 1. The molecule has 1 aromatic heterocycles. The first kappa shape index (κ1) is 23.8. The number of amides is 5. The molecule has 5 amide bonds. The van der Waals surface area contributed by atoms with Gasteiger partial charge in [0.1, 0.15) is 11.5 Å². The molecule has 0 unspecified atom stereocenters. The zero-order valence-electron chi connectivity index (χ0n) is 19.0. The molecule has 178 valence electrons. The zero-order chi connectivity index (χ0) is 24.4. The Bertz CT molecular complexity index is 1170. The summed E-state index contributed by atoms with van der Waals surface area (Å²) in [7, 11) is 1.41. The van der Waals surface area contributed by atoms with Gasteiger partial charge in [0, 0.05) is 17.6 Å². The number of rotatable bonds is 8. The number of hydrogen-bond acceptors (Lipinski definition) is 7. The molecule has 1 N–H and O–H groups in total. The highest BCUT2D eigenvalue weighted by atomic mass is 32.1. The minimum absolute atomic E-state index is 0.0785. The Morgan fingerprint density at radius 1 is 1.03 bits per heavy atom. The highest BCUT2D eigenvalue weighted by Crippen LogP contribution is 2.39. The van der Waals surface area contributed by atoms with Crippen LogP contribution in [0.15, 0.2) is 24.3 Å². The predicted octanol–water partition coefficient (Wildman–Crippen LogP) is 2.54. The molecule has 1 fully saturated rings. The summed E-state index contributed by atoms with van der Waals surface area (Å²) in [6.45, 7) is 1.32. The fraction of sp³-hybridized carbons (Fsp3) is 0.375. The van der Waals surface area contributed by atoms with E-state index in [1.54, 1.807) is 12.1 Å². The fourth-order valence-electron chi connectivity index (χ4n) is 4.12. The molecule has 1 aliphatic carbocycles. The molecule has 1 aromatic carbocycles. The van der Waals surface area contributed by atoms with Crippen LogP contribution in [-0.2, 0) is 32.0 Å². The van der Waals surface area contributed by atoms with Crippen LogP contribution >= 0.6 is 11.3 Å². The lowest BCUT2D eigenvalue weighted by Crippen LogP contribution is -2.39. The van der Waals surface area contributed by atoms with E-state index in [-0.39, 0.29) is 18.9 Å². The van der Waals surface area contributed by atoms with Gasteiger partial charge in [0.05, 0.1) is 18.7 Å². The van der Waals surface area contributed by atoms with Crippen molar-refractivity contribution < 1.29 is 28.7 Å². The van der Waals surface area contributed by atoms with Crippen LogP contribution in [0, 0.1) is 6.92 Å². The van der Waals surface area contributed by atoms with E-state index < -0.39 is 30.3 Å². The van der Waals surface area contributed by atoms with Crippen molar-refractivity contribution >= 4 is 45.9 Å². The Labute approximate surface area is 200 Å². The summed E-state index contributed by atoms with van der Waals surface area (Å²) in [4.78, 5) is 65.5. The summed E-state index contributed by atoms with van der Waals surface area (Å²) in [5.74, 6) is -2.88. The number of carbonyl (C=O) groups is 5. The molecular formula is C24H25N3O6S. The van der Waals surface area contributed by atoms with Crippen LogP contribution in [0.5, 0.6) is 0 Å². The highest BCUT2D eigenvalue weighted by Gasteiger charge is 2.45. The van der Waals surface area contributed by atoms with Crippen molar-refractivity contribution in [2.24, 2.45) is 0 Å². The number of benzene rings is 1. The van der Waals surface area contributed by atoms with Crippen LogP contribution in [0.25, 0.3) is 0 Å². The molecule has 1 aliphatic heterocycles. The van der Waals surface area contributed by atoms with Crippen LogP contribution in [0.2, 0.25) is 0 Å². The van der Waals surface area contributed by atoms with E-state index >= 15 is 0 Å². The molecule has 2 aromatic rings. The number of urea groups is 1. The quantitative estimate of drug-likeness (QED) is 0.351. The first-order valence-electron chi connectivity index (χ1n) is 11.0. The Morgan fingerprint density at radius 3 is 2.41 bits per heavy atom. The van der Waals surface area contributed by atoms with Crippen molar-refractivity contribution in [2.75, 3.05) is 32.1 Å². The fourth-order valence-corrected chi connectivity index (χ4v) is 5.43. The van der Waals surface area contributed by atoms with Gasteiger partial charge >= 0.3 is 17.8 Å². The Kier molecular flexibility index (Phi) is 6.90. The number of ether oxygens (including phenoxy) is 1. The van der Waals surface area contributed by atoms with E-state index in [9.17, 15) is 24.0 Å². The van der Waals surface area contributed by atoms with Gasteiger partial charge in [0.15, 0.2) is 5.78 Å². The molecule has 10 heteroatoms. The molecule has 2 aliphatic rings. The van der Waals surface area contributed by atoms with Crippen LogP contribution < -0.4 is 5.32 Å². The largest absolute Gasteiger partial charge is 0.383 e.